The van der Waals surface area contributed by atoms with Crippen molar-refractivity contribution in [2.24, 2.45) is 0 Å². The van der Waals surface area contributed by atoms with Crippen molar-refractivity contribution in [3.63, 3.8) is 0 Å². The van der Waals surface area contributed by atoms with E-state index in [0.29, 0.717) is 12.4 Å². The van der Waals surface area contributed by atoms with Gasteiger partial charge in [0.2, 0.25) is 0 Å². The molecule has 0 aliphatic rings. The number of aliphatic hydroxyl groups is 1. The number of rotatable bonds is 3. The van der Waals surface area contributed by atoms with Crippen LogP contribution in [0.25, 0.3) is 0 Å². The second kappa shape index (κ2) is 9.84. The third-order valence-electron chi connectivity index (χ3n) is 0.937. The van der Waals surface area contributed by atoms with E-state index in [9.17, 15) is 0 Å². The van der Waals surface area contributed by atoms with E-state index >= 15 is 0 Å². The summed E-state index contributed by atoms with van der Waals surface area (Å²) in [6.45, 7) is 0.712. The Hall–Kier alpha value is 0.750. The van der Waals surface area contributed by atoms with Gasteiger partial charge in [-0.25, -0.2) is 0 Å². The van der Waals surface area contributed by atoms with Crippen molar-refractivity contribution in [1.82, 2.24) is 6.15 Å². The molecule has 0 spiro atoms. The summed E-state index contributed by atoms with van der Waals surface area (Å²) in [5.74, 6) is 0.329. The lowest BCUT2D eigenvalue weighted by atomic mass is 10.3. The first-order valence-corrected chi connectivity index (χ1v) is 3.53. The van der Waals surface area contributed by atoms with Gasteiger partial charge in [0.15, 0.2) is 0 Å². The SMILES string of the molecule is C[N+](C)(C)CC(O)CCl.Cl.N.[Cl-]. The number of aliphatic hydroxyl groups excluding tert-OH is 1. The maximum absolute atomic E-state index is 9.05. The fraction of sp³-hybridized carbons (Fsp3) is 1.00. The van der Waals surface area contributed by atoms with Gasteiger partial charge in [-0.1, -0.05) is 0 Å². The van der Waals surface area contributed by atoms with Crippen LogP contribution in [0, 0.1) is 0 Å². The predicted molar refractivity (Wildman–Crippen MR) is 51.9 cm³/mol. The Kier molecular flexibility index (Phi) is 18.8. The molecule has 0 rings (SSSR count). The van der Waals surface area contributed by atoms with Gasteiger partial charge in [-0.2, -0.15) is 0 Å². The highest BCUT2D eigenvalue weighted by Gasteiger charge is 2.13. The van der Waals surface area contributed by atoms with Crippen LogP contribution in [0.2, 0.25) is 0 Å². The lowest BCUT2D eigenvalue weighted by Crippen LogP contribution is -3.00. The van der Waals surface area contributed by atoms with E-state index < -0.39 is 0 Å². The van der Waals surface area contributed by atoms with Gasteiger partial charge in [0.25, 0.3) is 0 Å². The summed E-state index contributed by atoms with van der Waals surface area (Å²) in [6, 6.07) is 0. The van der Waals surface area contributed by atoms with Crippen LogP contribution >= 0.6 is 24.0 Å². The van der Waals surface area contributed by atoms with Gasteiger partial charge < -0.3 is 28.1 Å². The molecule has 0 aromatic heterocycles. The fourth-order valence-corrected chi connectivity index (χ4v) is 0.779. The van der Waals surface area contributed by atoms with Crippen LogP contribution in [-0.4, -0.2) is 49.3 Å². The average Bonchev–Trinajstić information content (AvgIpc) is 1.62. The van der Waals surface area contributed by atoms with E-state index in [-0.39, 0.29) is 37.1 Å². The van der Waals surface area contributed by atoms with Crippen molar-refractivity contribution in [2.45, 2.75) is 6.10 Å². The van der Waals surface area contributed by atoms with Crippen molar-refractivity contribution >= 4 is 24.0 Å². The first-order valence-electron chi connectivity index (χ1n) is 3.00. The monoisotopic (exact) mass is 240 g/mol. The van der Waals surface area contributed by atoms with Gasteiger partial charge in [-0.15, -0.1) is 24.0 Å². The fourth-order valence-electron chi connectivity index (χ4n) is 0.681. The average molecular weight is 242 g/mol. The number of halogens is 3. The standard InChI is InChI=1S/C6H15ClNO.2ClH.H3N/c1-8(2,3)5-6(9)4-7;;;/h6,9H,4-5H2,1-3H3;2*1H;1H3/q+1;;;/p-1. The Bertz CT molecular complexity index is 87.4. The summed E-state index contributed by atoms with van der Waals surface area (Å²) in [7, 11) is 6.07. The van der Waals surface area contributed by atoms with Crippen molar-refractivity contribution in [3.05, 3.63) is 0 Å². The van der Waals surface area contributed by atoms with Crippen LogP contribution in [0.1, 0.15) is 0 Å². The van der Waals surface area contributed by atoms with Gasteiger partial charge >= 0.3 is 0 Å². The number of alkyl halides is 1. The van der Waals surface area contributed by atoms with Crippen molar-refractivity contribution in [2.75, 3.05) is 33.6 Å². The van der Waals surface area contributed by atoms with E-state index in [1.54, 1.807) is 0 Å². The lowest BCUT2D eigenvalue weighted by molar-refractivity contribution is -0.873. The number of quaternary nitrogens is 1. The first-order chi connectivity index (χ1) is 3.95. The molecular formula is C6H19Cl3N2O. The summed E-state index contributed by atoms with van der Waals surface area (Å²) in [6.07, 6.45) is -0.369. The molecule has 0 fully saturated rings. The molecule has 0 heterocycles. The molecule has 0 bridgehead atoms. The van der Waals surface area contributed by atoms with Crippen molar-refractivity contribution in [1.29, 1.82) is 0 Å². The van der Waals surface area contributed by atoms with Crippen LogP contribution in [0.4, 0.5) is 0 Å². The molecule has 0 aliphatic carbocycles. The highest BCUT2D eigenvalue weighted by molar-refractivity contribution is 6.18. The molecule has 0 aliphatic heterocycles. The van der Waals surface area contributed by atoms with Crippen LogP contribution in [-0.2, 0) is 0 Å². The quantitative estimate of drug-likeness (QED) is 0.439. The molecule has 0 aromatic carbocycles. The number of nitrogens with zero attached hydrogens (tertiary/aromatic N) is 1. The number of hydrogen-bond donors (Lipinski definition) is 2. The maximum Gasteiger partial charge on any atom is 0.116 e. The Morgan fingerprint density at radius 2 is 1.67 bits per heavy atom. The molecule has 0 saturated carbocycles. The van der Waals surface area contributed by atoms with Gasteiger partial charge in [0.05, 0.1) is 27.0 Å². The number of hydrogen-bond acceptors (Lipinski definition) is 2. The molecule has 80 valence electrons. The highest BCUT2D eigenvalue weighted by atomic mass is 35.5. The molecule has 4 N–H and O–H groups in total. The van der Waals surface area contributed by atoms with E-state index in [2.05, 4.69) is 0 Å². The summed E-state index contributed by atoms with van der Waals surface area (Å²) in [5.41, 5.74) is 0. The Morgan fingerprint density at radius 3 is 1.75 bits per heavy atom. The third-order valence-corrected chi connectivity index (χ3v) is 1.29. The van der Waals surface area contributed by atoms with Crippen molar-refractivity contribution < 1.29 is 22.0 Å². The molecule has 0 amide bonds. The second-order valence-electron chi connectivity index (χ2n) is 3.28. The smallest absolute Gasteiger partial charge is 0.116 e. The molecule has 0 aromatic rings. The highest BCUT2D eigenvalue weighted by Crippen LogP contribution is 1.95. The zero-order chi connectivity index (χ0) is 7.49. The van der Waals surface area contributed by atoms with Gasteiger partial charge in [-0.05, 0) is 0 Å². The first kappa shape index (κ1) is 23.0. The second-order valence-corrected chi connectivity index (χ2v) is 3.59. The molecule has 3 nitrogen and oxygen atoms in total. The zero-order valence-electron chi connectivity index (χ0n) is 7.76. The van der Waals surface area contributed by atoms with E-state index in [0.717, 1.165) is 4.48 Å². The van der Waals surface area contributed by atoms with E-state index in [1.165, 1.54) is 0 Å². The normalized spacial score (nSPS) is 11.8. The van der Waals surface area contributed by atoms with Gasteiger partial charge in [-0.3, -0.25) is 0 Å². The zero-order valence-corrected chi connectivity index (χ0v) is 10.1. The van der Waals surface area contributed by atoms with Crippen LogP contribution in [0.3, 0.4) is 0 Å². The topological polar surface area (TPSA) is 55.2 Å². The predicted octanol–water partition coefficient (Wildman–Crippen LogP) is -2.12. The van der Waals surface area contributed by atoms with Crippen molar-refractivity contribution in [3.8, 4) is 0 Å². The largest absolute Gasteiger partial charge is 1.00 e. The minimum Gasteiger partial charge on any atom is -1.00 e. The van der Waals surface area contributed by atoms with Crippen LogP contribution in [0.5, 0.6) is 0 Å². The molecule has 1 unspecified atom stereocenters. The van der Waals surface area contributed by atoms with E-state index in [1.807, 2.05) is 21.1 Å². The summed E-state index contributed by atoms with van der Waals surface area (Å²) in [5, 5.41) is 9.05. The Morgan fingerprint density at radius 1 is 1.33 bits per heavy atom. The minimum atomic E-state index is -0.369. The van der Waals surface area contributed by atoms with Crippen LogP contribution in [0.15, 0.2) is 0 Å². The minimum absolute atomic E-state index is 0. The summed E-state index contributed by atoms with van der Waals surface area (Å²) < 4.78 is 0.758. The molecule has 0 saturated heterocycles. The molecule has 6 heteroatoms. The van der Waals surface area contributed by atoms with Gasteiger partial charge in [0, 0.05) is 0 Å². The summed E-state index contributed by atoms with van der Waals surface area (Å²) in [4.78, 5) is 0. The molecule has 0 radical (unpaired) electrons. The summed E-state index contributed by atoms with van der Waals surface area (Å²) >= 11 is 5.40. The Labute approximate surface area is 92.1 Å². The maximum atomic E-state index is 9.05. The third kappa shape index (κ3) is 17.0. The number of likely N-dealkylation sites (N-methyl/N-ethyl adjacent to an activating group) is 1. The Balaban J connectivity index is -0.000000107. The van der Waals surface area contributed by atoms with E-state index in [4.69, 9.17) is 16.7 Å². The lowest BCUT2D eigenvalue weighted by Gasteiger charge is -2.25. The molecular weight excluding hydrogens is 222 g/mol. The van der Waals surface area contributed by atoms with Gasteiger partial charge in [0.1, 0.15) is 12.6 Å². The molecule has 1 atom stereocenters. The van der Waals surface area contributed by atoms with Crippen LogP contribution < -0.4 is 18.6 Å². The molecule has 12 heavy (non-hydrogen) atoms.